The van der Waals surface area contributed by atoms with E-state index in [1.165, 1.54) is 44.9 Å². The molecule has 0 aromatic carbocycles. The Kier molecular flexibility index (Phi) is 8.64. The van der Waals surface area contributed by atoms with E-state index in [1.807, 2.05) is 0 Å². The van der Waals surface area contributed by atoms with Crippen LogP contribution < -0.4 is 0 Å². The third-order valence-corrected chi connectivity index (χ3v) is 2.17. The van der Waals surface area contributed by atoms with Crippen molar-refractivity contribution in [2.24, 2.45) is 0 Å². The Hall–Kier alpha value is -0.260. The number of unbranched alkanes of at least 4 members (excludes halogenated alkanes) is 2. The fourth-order valence-corrected chi connectivity index (χ4v) is 1.54. The van der Waals surface area contributed by atoms with E-state index in [4.69, 9.17) is 0 Å². The lowest BCUT2D eigenvalue weighted by atomic mass is 10.0. The highest BCUT2D eigenvalue weighted by Crippen LogP contribution is 2.14. The van der Waals surface area contributed by atoms with Crippen LogP contribution >= 0.6 is 0 Å². The van der Waals surface area contributed by atoms with Gasteiger partial charge in [-0.05, 0) is 25.7 Å². The van der Waals surface area contributed by atoms with Gasteiger partial charge in [-0.25, -0.2) is 0 Å². The molecule has 0 atom stereocenters. The fraction of sp³-hybridized carbons (Fsp3) is 0.833. The molecule has 0 fully saturated rings. The van der Waals surface area contributed by atoms with Crippen LogP contribution in [0.3, 0.4) is 0 Å². The lowest BCUT2D eigenvalue weighted by Crippen LogP contribution is -1.84. The van der Waals surface area contributed by atoms with Gasteiger partial charge in [-0.1, -0.05) is 51.7 Å². The summed E-state index contributed by atoms with van der Waals surface area (Å²) in [6.07, 6.45) is 11.7. The van der Waals surface area contributed by atoms with E-state index in [0.29, 0.717) is 0 Å². The third-order valence-electron chi connectivity index (χ3n) is 2.17. The zero-order valence-corrected chi connectivity index (χ0v) is 9.03. The monoisotopic (exact) mass is 168 g/mol. The van der Waals surface area contributed by atoms with E-state index in [1.54, 1.807) is 5.57 Å². The number of allylic oxidation sites excluding steroid dienone is 2. The Morgan fingerprint density at radius 2 is 1.67 bits per heavy atom. The van der Waals surface area contributed by atoms with Gasteiger partial charge in [0.05, 0.1) is 0 Å². The van der Waals surface area contributed by atoms with E-state index < -0.39 is 0 Å². The highest BCUT2D eigenvalue weighted by atomic mass is 14.0. The number of hydrogen-bond acceptors (Lipinski definition) is 0. The molecular weight excluding hydrogens is 144 g/mol. The summed E-state index contributed by atoms with van der Waals surface area (Å²) in [7, 11) is 0. The van der Waals surface area contributed by atoms with Crippen LogP contribution in [-0.4, -0.2) is 0 Å². The summed E-state index contributed by atoms with van der Waals surface area (Å²) >= 11 is 0. The summed E-state index contributed by atoms with van der Waals surface area (Å²) in [4.78, 5) is 0. The van der Waals surface area contributed by atoms with Crippen molar-refractivity contribution in [3.05, 3.63) is 11.6 Å². The molecule has 0 saturated carbocycles. The topological polar surface area (TPSA) is 0 Å². The Morgan fingerprint density at radius 1 is 0.917 bits per heavy atom. The first kappa shape index (κ1) is 11.7. The Labute approximate surface area is 78.1 Å². The van der Waals surface area contributed by atoms with Crippen LogP contribution in [0.1, 0.15) is 65.7 Å². The predicted octanol–water partition coefficient (Wildman–Crippen LogP) is 4.70. The average molecular weight is 168 g/mol. The quantitative estimate of drug-likeness (QED) is 0.382. The van der Waals surface area contributed by atoms with Crippen molar-refractivity contribution >= 4 is 0 Å². The zero-order chi connectivity index (χ0) is 9.23. The first-order chi connectivity index (χ1) is 5.85. The van der Waals surface area contributed by atoms with Crippen LogP contribution in [0, 0.1) is 0 Å². The Morgan fingerprint density at radius 3 is 2.17 bits per heavy atom. The molecule has 0 aromatic heterocycles. The van der Waals surface area contributed by atoms with Gasteiger partial charge >= 0.3 is 0 Å². The molecule has 0 nitrogen and oxygen atoms in total. The molecule has 0 heteroatoms. The Balaban J connectivity index is 3.56. The van der Waals surface area contributed by atoms with E-state index in [0.717, 1.165) is 0 Å². The van der Waals surface area contributed by atoms with Gasteiger partial charge in [0, 0.05) is 0 Å². The molecule has 0 aliphatic heterocycles. The van der Waals surface area contributed by atoms with Crippen LogP contribution in [-0.2, 0) is 0 Å². The molecule has 72 valence electrons. The minimum absolute atomic E-state index is 1.21. The van der Waals surface area contributed by atoms with Crippen molar-refractivity contribution in [3.8, 4) is 0 Å². The summed E-state index contributed by atoms with van der Waals surface area (Å²) < 4.78 is 0. The molecule has 0 amide bonds. The van der Waals surface area contributed by atoms with Crippen LogP contribution in [0.2, 0.25) is 0 Å². The van der Waals surface area contributed by atoms with Gasteiger partial charge in [0.15, 0.2) is 0 Å². The molecular formula is C12H24. The minimum Gasteiger partial charge on any atom is -0.0856 e. The van der Waals surface area contributed by atoms with Crippen molar-refractivity contribution in [3.63, 3.8) is 0 Å². The van der Waals surface area contributed by atoms with Gasteiger partial charge in [-0.3, -0.25) is 0 Å². The second kappa shape index (κ2) is 8.83. The maximum Gasteiger partial charge on any atom is -0.0320 e. The van der Waals surface area contributed by atoms with Crippen molar-refractivity contribution in [1.82, 2.24) is 0 Å². The van der Waals surface area contributed by atoms with Crippen LogP contribution in [0.15, 0.2) is 11.6 Å². The second-order valence-corrected chi connectivity index (χ2v) is 3.48. The molecule has 0 heterocycles. The maximum absolute atomic E-state index is 2.42. The van der Waals surface area contributed by atoms with Gasteiger partial charge < -0.3 is 0 Å². The maximum atomic E-state index is 2.42. The zero-order valence-electron chi connectivity index (χ0n) is 9.03. The normalized spacial score (nSPS) is 12.1. The molecule has 0 radical (unpaired) electrons. The first-order valence-electron chi connectivity index (χ1n) is 5.53. The van der Waals surface area contributed by atoms with E-state index in [-0.39, 0.29) is 0 Å². The number of hydrogen-bond donors (Lipinski definition) is 0. The van der Waals surface area contributed by atoms with Crippen molar-refractivity contribution in [2.75, 3.05) is 0 Å². The lowest BCUT2D eigenvalue weighted by Gasteiger charge is -2.04. The van der Waals surface area contributed by atoms with Gasteiger partial charge in [0.1, 0.15) is 0 Å². The Bertz CT molecular complexity index is 111. The highest BCUT2D eigenvalue weighted by molar-refractivity contribution is 5.01. The average Bonchev–Trinajstić information content (AvgIpc) is 2.06. The summed E-state index contributed by atoms with van der Waals surface area (Å²) in [5.74, 6) is 0. The summed E-state index contributed by atoms with van der Waals surface area (Å²) in [6.45, 7) is 6.77. The second-order valence-electron chi connectivity index (χ2n) is 3.48. The van der Waals surface area contributed by atoms with Gasteiger partial charge in [-0.15, -0.1) is 0 Å². The summed E-state index contributed by atoms with van der Waals surface area (Å²) in [5, 5.41) is 0. The molecule has 0 N–H and O–H groups in total. The van der Waals surface area contributed by atoms with E-state index in [2.05, 4.69) is 26.8 Å². The lowest BCUT2D eigenvalue weighted by molar-refractivity contribution is 0.689. The smallest absolute Gasteiger partial charge is 0.0320 e. The van der Waals surface area contributed by atoms with Crippen LogP contribution in [0.5, 0.6) is 0 Å². The molecule has 0 spiro atoms. The molecule has 0 saturated heterocycles. The fourth-order valence-electron chi connectivity index (χ4n) is 1.54. The van der Waals surface area contributed by atoms with E-state index in [9.17, 15) is 0 Å². The van der Waals surface area contributed by atoms with Crippen LogP contribution in [0.25, 0.3) is 0 Å². The summed E-state index contributed by atoms with van der Waals surface area (Å²) in [5.41, 5.74) is 1.69. The van der Waals surface area contributed by atoms with Gasteiger partial charge in [0.25, 0.3) is 0 Å². The molecule has 0 rings (SSSR count). The molecule has 0 aliphatic carbocycles. The molecule has 12 heavy (non-hydrogen) atoms. The largest absolute Gasteiger partial charge is 0.0856 e. The first-order valence-corrected chi connectivity index (χ1v) is 5.53. The van der Waals surface area contributed by atoms with Gasteiger partial charge in [0.2, 0.25) is 0 Å². The van der Waals surface area contributed by atoms with E-state index >= 15 is 0 Å². The minimum atomic E-state index is 1.21. The summed E-state index contributed by atoms with van der Waals surface area (Å²) in [6, 6.07) is 0. The van der Waals surface area contributed by atoms with Crippen molar-refractivity contribution in [2.45, 2.75) is 65.7 Å². The highest BCUT2D eigenvalue weighted by Gasteiger charge is 1.94. The number of rotatable bonds is 7. The predicted molar refractivity (Wildman–Crippen MR) is 57.4 cm³/mol. The molecule has 0 unspecified atom stereocenters. The molecule has 0 aromatic rings. The van der Waals surface area contributed by atoms with Gasteiger partial charge in [-0.2, -0.15) is 0 Å². The van der Waals surface area contributed by atoms with Crippen molar-refractivity contribution in [1.29, 1.82) is 0 Å². The standard InChI is InChI=1S/C12H24/c1-4-7-8-11-12(9-5-2)10-6-3/h9H,4-8,10-11H2,1-3H3/b12-9+. The SMILES string of the molecule is CC/C=C(\CCC)CCCCC. The van der Waals surface area contributed by atoms with Crippen LogP contribution in [0.4, 0.5) is 0 Å². The molecule has 0 aliphatic rings. The third kappa shape index (κ3) is 6.45. The van der Waals surface area contributed by atoms with Crippen molar-refractivity contribution < 1.29 is 0 Å². The molecule has 0 bridgehead atoms.